The highest BCUT2D eigenvalue weighted by Crippen LogP contribution is 2.59. The molecule has 0 spiro atoms. The summed E-state index contributed by atoms with van der Waals surface area (Å²) in [6.45, 7) is 2.79. The van der Waals surface area contributed by atoms with E-state index in [4.69, 9.17) is 17.3 Å². The molecule has 204 valence electrons. The Morgan fingerprint density at radius 1 is 1.18 bits per heavy atom. The van der Waals surface area contributed by atoms with Crippen LogP contribution in [0.15, 0.2) is 30.5 Å². The number of nitrogens with one attached hydrogen (secondary N) is 1. The number of benzene rings is 1. The number of aromatic nitrogens is 1. The number of aryl methyl sites for hydroxylation is 1. The van der Waals surface area contributed by atoms with Gasteiger partial charge in [-0.1, -0.05) is 24.6 Å². The second kappa shape index (κ2) is 10.0. The Kier molecular flexibility index (Phi) is 7.30. The fraction of sp³-hybridized carbons (Fsp3) is 0.440. The first-order valence-corrected chi connectivity index (χ1v) is 12.4. The van der Waals surface area contributed by atoms with E-state index in [-0.39, 0.29) is 48.0 Å². The molecular weight excluding hydrogens is 530 g/mol. The smallest absolute Gasteiger partial charge is 0.383 e. The largest absolute Gasteiger partial charge is 0.403 e. The Hall–Kier alpha value is -3.41. The minimum Gasteiger partial charge on any atom is -0.383 e. The maximum Gasteiger partial charge on any atom is 0.403 e. The molecule has 8 nitrogen and oxygen atoms in total. The van der Waals surface area contributed by atoms with E-state index in [0.717, 1.165) is 15.9 Å². The van der Waals surface area contributed by atoms with E-state index in [1.165, 1.54) is 25.3 Å². The number of pyridine rings is 1. The van der Waals surface area contributed by atoms with Crippen LogP contribution >= 0.6 is 11.6 Å². The van der Waals surface area contributed by atoms with Gasteiger partial charge in [-0.15, -0.1) is 0 Å². The number of carbonyl (C=O) groups excluding carboxylic acids is 3. The number of carbonyl (C=O) groups is 3. The van der Waals surface area contributed by atoms with Crippen LogP contribution in [0.4, 0.5) is 29.1 Å². The van der Waals surface area contributed by atoms with Crippen LogP contribution in [0.5, 0.6) is 0 Å². The molecule has 2 aromatic rings. The lowest BCUT2D eigenvalue weighted by molar-refractivity contribution is -0.201. The highest BCUT2D eigenvalue weighted by Gasteiger charge is 2.70. The Morgan fingerprint density at radius 2 is 1.87 bits per heavy atom. The van der Waals surface area contributed by atoms with Crippen LogP contribution in [0.25, 0.3) is 0 Å². The monoisotopic (exact) mass is 555 g/mol. The van der Waals surface area contributed by atoms with Crippen molar-refractivity contribution in [2.45, 2.75) is 51.4 Å². The maximum absolute atomic E-state index is 13.9. The average molecular weight is 556 g/mol. The number of alkyl halides is 3. The normalized spacial score (nSPS) is 20.7. The molecule has 13 heteroatoms. The zero-order valence-electron chi connectivity index (χ0n) is 20.6. The summed E-state index contributed by atoms with van der Waals surface area (Å²) in [4.78, 5) is 45.6. The van der Waals surface area contributed by atoms with Crippen LogP contribution in [0.1, 0.15) is 43.9 Å². The highest BCUT2D eigenvalue weighted by atomic mass is 35.5. The molecule has 0 radical (unpaired) electrons. The van der Waals surface area contributed by atoms with Crippen molar-refractivity contribution in [1.82, 2.24) is 14.8 Å². The van der Waals surface area contributed by atoms with Gasteiger partial charge in [0.05, 0.1) is 22.9 Å². The van der Waals surface area contributed by atoms with E-state index in [2.05, 4.69) is 10.3 Å². The summed E-state index contributed by atoms with van der Waals surface area (Å²) >= 11 is 5.94. The number of nitrogens with two attached hydrogens (primary N) is 1. The lowest BCUT2D eigenvalue weighted by atomic mass is 9.96. The Bertz CT molecular complexity index is 1280. The van der Waals surface area contributed by atoms with Crippen molar-refractivity contribution in [1.29, 1.82) is 0 Å². The van der Waals surface area contributed by atoms with Crippen LogP contribution in [-0.2, 0) is 20.8 Å². The molecule has 3 amide bonds. The molecule has 2 atom stereocenters. The third kappa shape index (κ3) is 5.01. The molecule has 1 aliphatic heterocycles. The van der Waals surface area contributed by atoms with E-state index < -0.39 is 47.2 Å². The summed E-state index contributed by atoms with van der Waals surface area (Å²) in [7, 11) is 0. The van der Waals surface area contributed by atoms with Crippen molar-refractivity contribution < 1.29 is 31.9 Å². The summed E-state index contributed by atoms with van der Waals surface area (Å²) in [5.41, 5.74) is 4.50. The third-order valence-electron chi connectivity index (χ3n) is 7.13. The number of piperazine rings is 1. The van der Waals surface area contributed by atoms with Crippen LogP contribution in [-0.4, -0.2) is 57.8 Å². The number of hydrogen-bond donors (Lipinski definition) is 2. The zero-order valence-corrected chi connectivity index (χ0v) is 21.4. The Morgan fingerprint density at radius 3 is 2.45 bits per heavy atom. The van der Waals surface area contributed by atoms with Crippen LogP contribution in [0.3, 0.4) is 0 Å². The van der Waals surface area contributed by atoms with Gasteiger partial charge in [0, 0.05) is 19.1 Å². The molecule has 0 unspecified atom stereocenters. The van der Waals surface area contributed by atoms with Gasteiger partial charge in [0.1, 0.15) is 17.1 Å². The van der Waals surface area contributed by atoms with Crippen molar-refractivity contribution in [2.24, 2.45) is 5.41 Å². The van der Waals surface area contributed by atoms with E-state index >= 15 is 0 Å². The van der Waals surface area contributed by atoms with Gasteiger partial charge in [-0.2, -0.15) is 13.2 Å². The van der Waals surface area contributed by atoms with Gasteiger partial charge in [0.15, 0.2) is 0 Å². The fourth-order valence-corrected chi connectivity index (χ4v) is 4.88. The minimum absolute atomic E-state index is 0.230. The summed E-state index contributed by atoms with van der Waals surface area (Å²) in [5.74, 6) is -3.53. The summed E-state index contributed by atoms with van der Waals surface area (Å²) in [5, 5.41) is 2.20. The highest BCUT2D eigenvalue weighted by molar-refractivity contribution is 6.39. The molecule has 1 saturated carbocycles. The molecule has 1 saturated heterocycles. The number of amides is 3. The molecule has 2 fully saturated rings. The minimum atomic E-state index is -4.71. The van der Waals surface area contributed by atoms with Crippen molar-refractivity contribution >= 4 is 40.8 Å². The Balaban J connectivity index is 1.63. The number of rotatable bonds is 4. The average Bonchev–Trinajstić information content (AvgIpc) is 3.68. The van der Waals surface area contributed by atoms with E-state index in [1.807, 2.05) is 6.92 Å². The van der Waals surface area contributed by atoms with E-state index in [9.17, 15) is 31.9 Å². The third-order valence-corrected chi connectivity index (χ3v) is 7.42. The van der Waals surface area contributed by atoms with Crippen LogP contribution in [0, 0.1) is 11.2 Å². The molecule has 38 heavy (non-hydrogen) atoms. The predicted molar refractivity (Wildman–Crippen MR) is 131 cm³/mol. The molecular formula is C25H26ClF4N5O3. The Labute approximate surface area is 221 Å². The molecule has 1 aliphatic carbocycles. The lowest BCUT2D eigenvalue weighted by Gasteiger charge is -2.46. The van der Waals surface area contributed by atoms with Gasteiger partial charge < -0.3 is 20.9 Å². The van der Waals surface area contributed by atoms with Gasteiger partial charge in [-0.3, -0.25) is 14.4 Å². The first-order chi connectivity index (χ1) is 17.8. The first kappa shape index (κ1) is 27.6. The second-order valence-electron chi connectivity index (χ2n) is 9.61. The zero-order chi connectivity index (χ0) is 28.0. The molecule has 1 aromatic heterocycles. The van der Waals surface area contributed by atoms with E-state index in [0.29, 0.717) is 12.0 Å². The lowest BCUT2D eigenvalue weighted by Crippen LogP contribution is -2.60. The molecule has 1 aromatic carbocycles. The molecule has 4 rings (SSSR count). The van der Waals surface area contributed by atoms with Gasteiger partial charge in [0.2, 0.25) is 5.91 Å². The van der Waals surface area contributed by atoms with Crippen molar-refractivity contribution in [2.75, 3.05) is 24.1 Å². The molecule has 2 aliphatic rings. The van der Waals surface area contributed by atoms with Gasteiger partial charge in [0.25, 0.3) is 0 Å². The number of nitrogens with zero attached hydrogens (tertiary/aromatic N) is 3. The van der Waals surface area contributed by atoms with Crippen LogP contribution < -0.4 is 11.1 Å². The molecule has 2 heterocycles. The summed E-state index contributed by atoms with van der Waals surface area (Å²) in [6, 6.07) is 3.30. The maximum atomic E-state index is 13.9. The first-order valence-electron chi connectivity index (χ1n) is 12.0. The number of hydrogen-bond acceptors (Lipinski definition) is 5. The number of halogens is 5. The summed E-state index contributed by atoms with van der Waals surface area (Å²) in [6.07, 6.45) is -3.51. The van der Waals surface area contributed by atoms with E-state index in [1.54, 1.807) is 6.07 Å². The fourth-order valence-electron chi connectivity index (χ4n) is 4.69. The van der Waals surface area contributed by atoms with Crippen molar-refractivity contribution in [3.63, 3.8) is 0 Å². The molecule has 3 N–H and O–H groups in total. The van der Waals surface area contributed by atoms with Gasteiger partial charge in [-0.05, 0) is 55.5 Å². The standard InChI is InChI=1S/C25H26ClF4N5O3/c1-3-14-8-16(10-32-20(14)31)33-21(36)22(37)35-11-13(2)34(23(38)24(6-7-24)25(28,29)30)12-19(35)15-4-5-18(27)17(26)9-15/h4-5,8-10,13,19H,3,6-7,11-12H2,1-2H3,(H2,31,32)(H,33,36)/t13-,19-/m1/s1. The van der Waals surface area contributed by atoms with Crippen molar-refractivity contribution in [3.05, 3.63) is 52.4 Å². The SMILES string of the molecule is CCc1cc(NC(=O)C(=O)N2C[C@@H](C)N(C(=O)C3(C(F)(F)F)CC3)C[C@@H]2c2ccc(F)c(Cl)c2)cnc1N. The quantitative estimate of drug-likeness (QED) is 0.436. The van der Waals surface area contributed by atoms with Gasteiger partial charge in [-0.25, -0.2) is 9.37 Å². The van der Waals surface area contributed by atoms with Gasteiger partial charge >= 0.3 is 18.0 Å². The van der Waals surface area contributed by atoms with Crippen LogP contribution in [0.2, 0.25) is 5.02 Å². The second-order valence-corrected chi connectivity index (χ2v) is 10.0. The molecule has 0 bridgehead atoms. The summed E-state index contributed by atoms with van der Waals surface area (Å²) < 4.78 is 55.0. The predicted octanol–water partition coefficient (Wildman–Crippen LogP) is 4.10. The number of nitrogen functional groups attached to an aromatic ring is 1. The van der Waals surface area contributed by atoms with Crippen molar-refractivity contribution in [3.8, 4) is 0 Å². The topological polar surface area (TPSA) is 109 Å². The number of anilines is 2.